The van der Waals surface area contributed by atoms with Gasteiger partial charge in [0.15, 0.2) is 0 Å². The predicted octanol–water partition coefficient (Wildman–Crippen LogP) is 1.14. The Labute approximate surface area is 135 Å². The highest BCUT2D eigenvalue weighted by Crippen LogP contribution is 2.45. The standard InChI is InChI=1S/C17H20N4O2/c1-11-19-8-12(7-18)2-3-17(16(23)21-11)5-14-4-13(10-22)9-20-15(14)6-17/h2,4,8,11,13,22H,3,5-6,9-10H2,1H3,(H,21,23)/b12-2-,19-8-/t11?,13?,17-/m0/s1. The van der Waals surface area contributed by atoms with Crippen LogP contribution in [0.2, 0.25) is 0 Å². The maximum absolute atomic E-state index is 12.8. The number of nitrogens with one attached hydrogen (secondary N) is 1. The van der Waals surface area contributed by atoms with Crippen molar-refractivity contribution in [3.8, 4) is 6.07 Å². The molecule has 6 nitrogen and oxygen atoms in total. The number of fused-ring (bicyclic) bond motifs is 1. The Morgan fingerprint density at radius 1 is 1.52 bits per heavy atom. The molecule has 1 amide bonds. The Hall–Kier alpha value is -2.26. The fourth-order valence-corrected chi connectivity index (χ4v) is 3.35. The highest BCUT2D eigenvalue weighted by atomic mass is 16.3. The van der Waals surface area contributed by atoms with Crippen LogP contribution in [0.4, 0.5) is 0 Å². The molecule has 2 heterocycles. The molecule has 0 aromatic rings. The van der Waals surface area contributed by atoms with Gasteiger partial charge >= 0.3 is 0 Å². The summed E-state index contributed by atoms with van der Waals surface area (Å²) in [7, 11) is 0. The van der Waals surface area contributed by atoms with E-state index < -0.39 is 5.41 Å². The van der Waals surface area contributed by atoms with Gasteiger partial charge in [-0.1, -0.05) is 12.2 Å². The summed E-state index contributed by atoms with van der Waals surface area (Å²) in [4.78, 5) is 21.6. The highest BCUT2D eigenvalue weighted by molar-refractivity contribution is 6.08. The van der Waals surface area contributed by atoms with Gasteiger partial charge in [-0.25, -0.2) is 0 Å². The van der Waals surface area contributed by atoms with Crippen molar-refractivity contribution in [2.24, 2.45) is 21.3 Å². The van der Waals surface area contributed by atoms with Crippen LogP contribution in [0.1, 0.15) is 26.2 Å². The van der Waals surface area contributed by atoms with Gasteiger partial charge in [-0.2, -0.15) is 5.26 Å². The molecule has 2 unspecified atom stereocenters. The van der Waals surface area contributed by atoms with E-state index in [0.29, 0.717) is 31.4 Å². The van der Waals surface area contributed by atoms with Crippen molar-refractivity contribution >= 4 is 17.8 Å². The molecular weight excluding hydrogens is 292 g/mol. The number of nitrogens with zero attached hydrogens (tertiary/aromatic N) is 3. The first-order valence-electron chi connectivity index (χ1n) is 7.86. The van der Waals surface area contributed by atoms with Crippen LogP contribution in [0.15, 0.2) is 33.3 Å². The molecule has 3 rings (SSSR count). The first kappa shape index (κ1) is 15.6. The van der Waals surface area contributed by atoms with Crippen LogP contribution in [0.3, 0.4) is 0 Å². The summed E-state index contributed by atoms with van der Waals surface area (Å²) in [5.41, 5.74) is 1.89. The molecule has 1 saturated carbocycles. The molecule has 23 heavy (non-hydrogen) atoms. The van der Waals surface area contributed by atoms with E-state index in [0.717, 1.165) is 11.3 Å². The zero-order valence-electron chi connectivity index (χ0n) is 13.1. The molecule has 0 aromatic heterocycles. The van der Waals surface area contributed by atoms with Crippen LogP contribution >= 0.6 is 0 Å². The van der Waals surface area contributed by atoms with Gasteiger partial charge in [-0.3, -0.25) is 14.8 Å². The quantitative estimate of drug-likeness (QED) is 0.759. The van der Waals surface area contributed by atoms with Crippen molar-refractivity contribution in [2.45, 2.75) is 32.4 Å². The summed E-state index contributed by atoms with van der Waals surface area (Å²) in [5.74, 6) is -0.00750. The Morgan fingerprint density at radius 2 is 2.35 bits per heavy atom. The van der Waals surface area contributed by atoms with Gasteiger partial charge in [-0.15, -0.1) is 0 Å². The second-order valence-corrected chi connectivity index (χ2v) is 6.46. The molecule has 3 atom stereocenters. The fourth-order valence-electron chi connectivity index (χ4n) is 3.35. The van der Waals surface area contributed by atoms with Gasteiger partial charge in [0, 0.05) is 30.8 Å². The maximum Gasteiger partial charge on any atom is 0.228 e. The number of amides is 1. The van der Waals surface area contributed by atoms with Gasteiger partial charge < -0.3 is 10.4 Å². The van der Waals surface area contributed by atoms with Crippen LogP contribution in [0.5, 0.6) is 0 Å². The maximum atomic E-state index is 12.8. The summed E-state index contributed by atoms with van der Waals surface area (Å²) < 4.78 is 0. The van der Waals surface area contributed by atoms with Gasteiger partial charge in [0.05, 0.1) is 17.6 Å². The summed E-state index contributed by atoms with van der Waals surface area (Å²) in [5, 5.41) is 21.4. The van der Waals surface area contributed by atoms with Crippen LogP contribution in [0.25, 0.3) is 0 Å². The van der Waals surface area contributed by atoms with Crippen LogP contribution in [-0.4, -0.2) is 42.3 Å². The molecular formula is C17H20N4O2. The van der Waals surface area contributed by atoms with Crippen LogP contribution in [0, 0.1) is 22.7 Å². The monoisotopic (exact) mass is 312 g/mol. The van der Waals surface area contributed by atoms with E-state index in [9.17, 15) is 15.2 Å². The number of aliphatic imine (C=N–C) groups is 2. The second kappa shape index (κ2) is 6.09. The topological polar surface area (TPSA) is 97.8 Å². The zero-order chi connectivity index (χ0) is 16.4. The number of hydrogen-bond donors (Lipinski definition) is 2. The van der Waals surface area contributed by atoms with Gasteiger partial charge in [0.2, 0.25) is 5.91 Å². The minimum atomic E-state index is -0.612. The molecule has 1 aliphatic carbocycles. The highest BCUT2D eigenvalue weighted by Gasteiger charge is 2.46. The number of dihydropyridines is 1. The number of aliphatic hydroxyl groups excluding tert-OH is 1. The molecule has 3 aliphatic rings. The average Bonchev–Trinajstić information content (AvgIpc) is 2.94. The number of hydrogen-bond acceptors (Lipinski definition) is 5. The third kappa shape index (κ3) is 2.97. The summed E-state index contributed by atoms with van der Waals surface area (Å²) in [6.45, 7) is 2.44. The fraction of sp³-hybridized carbons (Fsp3) is 0.529. The molecule has 2 aliphatic heterocycles. The van der Waals surface area contributed by atoms with Crippen LogP contribution in [-0.2, 0) is 4.79 Å². The van der Waals surface area contributed by atoms with Crippen molar-refractivity contribution in [2.75, 3.05) is 13.2 Å². The second-order valence-electron chi connectivity index (χ2n) is 6.46. The number of allylic oxidation sites excluding steroid dienone is 3. The van der Waals surface area contributed by atoms with Gasteiger partial charge in [0.25, 0.3) is 0 Å². The van der Waals surface area contributed by atoms with E-state index in [1.807, 2.05) is 6.08 Å². The van der Waals surface area contributed by atoms with Crippen LogP contribution < -0.4 is 5.32 Å². The molecule has 0 aromatic carbocycles. The largest absolute Gasteiger partial charge is 0.396 e. The molecule has 0 bridgehead atoms. The predicted molar refractivity (Wildman–Crippen MR) is 87.0 cm³/mol. The number of nitriles is 1. The molecule has 6 heteroatoms. The Bertz CT molecular complexity index is 683. The molecule has 2 N–H and O–H groups in total. The lowest BCUT2D eigenvalue weighted by atomic mass is 9.80. The Kier molecular flexibility index (Phi) is 4.14. The van der Waals surface area contributed by atoms with Crippen molar-refractivity contribution in [3.63, 3.8) is 0 Å². The van der Waals surface area contributed by atoms with Gasteiger partial charge in [0.1, 0.15) is 12.2 Å². The summed E-state index contributed by atoms with van der Waals surface area (Å²) >= 11 is 0. The van der Waals surface area contributed by atoms with E-state index in [4.69, 9.17) is 0 Å². The first-order valence-corrected chi connectivity index (χ1v) is 7.86. The third-order valence-electron chi connectivity index (χ3n) is 4.69. The van der Waals surface area contributed by atoms with Crippen molar-refractivity contribution in [3.05, 3.63) is 23.3 Å². The molecule has 0 saturated heterocycles. The van der Waals surface area contributed by atoms with Crippen molar-refractivity contribution in [1.82, 2.24) is 5.32 Å². The number of carbonyl (C=O) groups excluding carboxylic acids is 1. The smallest absolute Gasteiger partial charge is 0.228 e. The molecule has 1 spiro atoms. The lowest BCUT2D eigenvalue weighted by Crippen LogP contribution is -2.42. The van der Waals surface area contributed by atoms with E-state index in [2.05, 4.69) is 21.4 Å². The number of aliphatic hydroxyl groups is 1. The summed E-state index contributed by atoms with van der Waals surface area (Å²) in [6, 6.07) is 2.11. The lowest BCUT2D eigenvalue weighted by Gasteiger charge is -2.26. The van der Waals surface area contributed by atoms with E-state index in [1.165, 1.54) is 6.21 Å². The van der Waals surface area contributed by atoms with E-state index >= 15 is 0 Å². The van der Waals surface area contributed by atoms with Gasteiger partial charge in [-0.05, 0) is 25.3 Å². The first-order chi connectivity index (χ1) is 11.1. The SMILES string of the molecule is CC1/N=C\C(C#N)=C/C[C@@]2(CC3=CC(CO)CN=C3C2)C(=O)N1. The normalized spacial score (nSPS) is 37.1. The Balaban J connectivity index is 1.94. The molecule has 120 valence electrons. The van der Waals surface area contributed by atoms with Crippen molar-refractivity contribution in [1.29, 1.82) is 5.26 Å². The number of carbonyl (C=O) groups is 1. The lowest BCUT2D eigenvalue weighted by molar-refractivity contribution is -0.130. The zero-order valence-corrected chi connectivity index (χ0v) is 13.1. The average molecular weight is 312 g/mol. The minimum absolute atomic E-state index is 0.0377. The summed E-state index contributed by atoms with van der Waals surface area (Å²) in [6.07, 6.45) is 6.65. The number of rotatable bonds is 1. The van der Waals surface area contributed by atoms with E-state index in [-0.39, 0.29) is 24.6 Å². The Morgan fingerprint density at radius 3 is 3.09 bits per heavy atom. The molecule has 0 radical (unpaired) electrons. The van der Waals surface area contributed by atoms with Crippen molar-refractivity contribution < 1.29 is 9.90 Å². The minimum Gasteiger partial charge on any atom is -0.396 e. The third-order valence-corrected chi connectivity index (χ3v) is 4.69. The molecule has 1 fully saturated rings. The van der Waals surface area contributed by atoms with E-state index in [1.54, 1.807) is 13.0 Å².